The molecule has 1 N–H and O–H groups in total. The molecule has 2 aromatic rings. The van der Waals surface area contributed by atoms with E-state index in [4.69, 9.17) is 0 Å². The molecular weight excluding hydrogens is 398 g/mol. The van der Waals surface area contributed by atoms with Gasteiger partial charge in [-0.1, -0.05) is 24.2 Å². The number of Topliss-reactive ketones (excluding diaryl/α,β-unsaturated/α-hetero) is 1. The molecule has 0 bridgehead atoms. The minimum Gasteiger partial charge on any atom is -0.298 e. The van der Waals surface area contributed by atoms with Gasteiger partial charge in [0.2, 0.25) is 10.0 Å². The van der Waals surface area contributed by atoms with E-state index in [1.54, 1.807) is 14.0 Å². The second kappa shape index (κ2) is 8.10. The average molecular weight is 422 g/mol. The third-order valence-electron chi connectivity index (χ3n) is 4.97. The molecule has 0 aliphatic heterocycles. The molecule has 0 atom stereocenters. The van der Waals surface area contributed by atoms with Crippen LogP contribution in [0.1, 0.15) is 58.3 Å². The number of carbonyl (C=O) groups is 2. The molecule has 1 aromatic carbocycles. The molecule has 7 nitrogen and oxygen atoms in total. The van der Waals surface area contributed by atoms with Gasteiger partial charge in [-0.05, 0) is 44.0 Å². The molecule has 150 valence electrons. The number of nitrogens with zero attached hydrogens (tertiary/aromatic N) is 2. The monoisotopic (exact) mass is 421 g/mol. The molecule has 0 spiro atoms. The maximum Gasteiger partial charge on any atom is 0.257 e. The van der Waals surface area contributed by atoms with Gasteiger partial charge in [-0.3, -0.25) is 14.9 Å². The van der Waals surface area contributed by atoms with Gasteiger partial charge >= 0.3 is 0 Å². The van der Waals surface area contributed by atoms with Crippen molar-refractivity contribution >= 4 is 38.2 Å². The maximum absolute atomic E-state index is 12.8. The van der Waals surface area contributed by atoms with E-state index in [2.05, 4.69) is 10.3 Å². The summed E-state index contributed by atoms with van der Waals surface area (Å²) < 4.78 is 27.0. The first-order valence-corrected chi connectivity index (χ1v) is 11.3. The van der Waals surface area contributed by atoms with Crippen LogP contribution in [0.15, 0.2) is 29.2 Å². The molecule has 1 aliphatic carbocycles. The van der Waals surface area contributed by atoms with Crippen LogP contribution in [0.3, 0.4) is 0 Å². The van der Waals surface area contributed by atoms with Gasteiger partial charge in [-0.2, -0.15) is 4.31 Å². The molecule has 1 fully saturated rings. The van der Waals surface area contributed by atoms with Crippen LogP contribution < -0.4 is 5.32 Å². The lowest BCUT2D eigenvalue weighted by atomic mass is 10.2. The number of hydrogen-bond donors (Lipinski definition) is 1. The highest BCUT2D eigenvalue weighted by Crippen LogP contribution is 2.28. The summed E-state index contributed by atoms with van der Waals surface area (Å²) in [5.74, 6) is -0.506. The van der Waals surface area contributed by atoms with E-state index >= 15 is 0 Å². The largest absolute Gasteiger partial charge is 0.298 e. The predicted molar refractivity (Wildman–Crippen MR) is 108 cm³/mol. The maximum atomic E-state index is 12.8. The third-order valence-corrected chi connectivity index (χ3v) is 8.07. The van der Waals surface area contributed by atoms with Gasteiger partial charge in [-0.25, -0.2) is 13.4 Å². The lowest BCUT2D eigenvalue weighted by Crippen LogP contribution is -2.35. The van der Waals surface area contributed by atoms with E-state index in [0.717, 1.165) is 37.0 Å². The molecule has 1 saturated carbocycles. The Balaban J connectivity index is 1.73. The van der Waals surface area contributed by atoms with Crippen LogP contribution in [0.4, 0.5) is 5.13 Å². The average Bonchev–Trinajstić information content (AvgIpc) is 3.31. The van der Waals surface area contributed by atoms with Crippen molar-refractivity contribution in [3.8, 4) is 0 Å². The number of benzene rings is 1. The first kappa shape index (κ1) is 20.6. The molecular formula is C19H23N3O4S2. The van der Waals surface area contributed by atoms with Crippen LogP contribution in [0.2, 0.25) is 0 Å². The van der Waals surface area contributed by atoms with Gasteiger partial charge in [0, 0.05) is 25.6 Å². The summed E-state index contributed by atoms with van der Waals surface area (Å²) in [4.78, 5) is 28.8. The van der Waals surface area contributed by atoms with Crippen LogP contribution in [-0.4, -0.2) is 42.5 Å². The summed E-state index contributed by atoms with van der Waals surface area (Å²) in [6, 6.07) is 5.90. The van der Waals surface area contributed by atoms with Gasteiger partial charge in [0.25, 0.3) is 5.91 Å². The fraction of sp³-hybridized carbons (Fsp3) is 0.421. The molecule has 1 aromatic heterocycles. The summed E-state index contributed by atoms with van der Waals surface area (Å²) in [6.45, 7) is 3.16. The quantitative estimate of drug-likeness (QED) is 0.721. The van der Waals surface area contributed by atoms with Crippen molar-refractivity contribution in [1.29, 1.82) is 0 Å². The van der Waals surface area contributed by atoms with Gasteiger partial charge in [0.15, 0.2) is 10.9 Å². The minimum absolute atomic E-state index is 0.0385. The smallest absolute Gasteiger partial charge is 0.257 e. The van der Waals surface area contributed by atoms with Crippen LogP contribution in [-0.2, 0) is 10.0 Å². The second-order valence-corrected chi connectivity index (χ2v) is 9.92. The van der Waals surface area contributed by atoms with E-state index < -0.39 is 15.9 Å². The number of nitrogens with one attached hydrogen (secondary N) is 1. The van der Waals surface area contributed by atoms with Gasteiger partial charge in [-0.15, -0.1) is 0 Å². The van der Waals surface area contributed by atoms with E-state index in [0.29, 0.717) is 21.3 Å². The Bertz CT molecular complexity index is 991. The number of rotatable bonds is 6. The lowest BCUT2D eigenvalue weighted by Gasteiger charge is -2.23. The number of carbonyl (C=O) groups excluding carboxylic acids is 2. The first-order valence-electron chi connectivity index (χ1n) is 9.08. The molecule has 0 radical (unpaired) electrons. The fourth-order valence-corrected chi connectivity index (χ4v) is 5.63. The lowest BCUT2D eigenvalue weighted by molar-refractivity contribution is 0.101. The highest BCUT2D eigenvalue weighted by atomic mass is 32.2. The Morgan fingerprint density at radius 1 is 1.18 bits per heavy atom. The van der Waals surface area contributed by atoms with Crippen molar-refractivity contribution < 1.29 is 18.0 Å². The molecule has 1 heterocycles. The van der Waals surface area contributed by atoms with Crippen molar-refractivity contribution in [2.75, 3.05) is 12.4 Å². The number of thiazole rings is 1. The topological polar surface area (TPSA) is 96.4 Å². The number of hydrogen-bond acceptors (Lipinski definition) is 6. The molecule has 28 heavy (non-hydrogen) atoms. The van der Waals surface area contributed by atoms with Crippen molar-refractivity contribution in [2.24, 2.45) is 0 Å². The first-order chi connectivity index (χ1) is 13.2. The van der Waals surface area contributed by atoms with Crippen LogP contribution in [0.5, 0.6) is 0 Å². The fourth-order valence-electron chi connectivity index (χ4n) is 3.35. The number of sulfonamides is 1. The van der Waals surface area contributed by atoms with Crippen molar-refractivity contribution in [3.63, 3.8) is 0 Å². The second-order valence-electron chi connectivity index (χ2n) is 6.93. The zero-order valence-corrected chi connectivity index (χ0v) is 17.7. The molecule has 3 rings (SSSR count). The van der Waals surface area contributed by atoms with E-state index in [1.807, 2.05) is 0 Å². The number of ketones is 1. The van der Waals surface area contributed by atoms with Gasteiger partial charge < -0.3 is 0 Å². The third kappa shape index (κ3) is 4.16. The van der Waals surface area contributed by atoms with E-state index in [9.17, 15) is 18.0 Å². The summed E-state index contributed by atoms with van der Waals surface area (Å²) in [5.41, 5.74) is 0.892. The Morgan fingerprint density at radius 2 is 1.79 bits per heavy atom. The summed E-state index contributed by atoms with van der Waals surface area (Å²) >= 11 is 1.12. The Labute approximate surface area is 168 Å². The van der Waals surface area contributed by atoms with Crippen molar-refractivity contribution in [1.82, 2.24) is 9.29 Å². The van der Waals surface area contributed by atoms with Crippen LogP contribution >= 0.6 is 11.3 Å². The zero-order chi connectivity index (χ0) is 20.5. The molecule has 9 heteroatoms. The van der Waals surface area contributed by atoms with Crippen molar-refractivity contribution in [3.05, 3.63) is 40.4 Å². The highest BCUT2D eigenvalue weighted by molar-refractivity contribution is 7.89. The standard InChI is InChI=1S/C19H23N3O4S2/c1-12-17(13(2)23)27-19(20-12)21-18(24)14-8-10-16(11-9-14)28(25,26)22(3)15-6-4-5-7-15/h8-11,15H,4-7H2,1-3H3,(H,20,21,24). The van der Waals surface area contributed by atoms with Crippen LogP contribution in [0, 0.1) is 6.92 Å². The number of aromatic nitrogens is 1. The Hall–Kier alpha value is -2.10. The van der Waals surface area contributed by atoms with E-state index in [-0.39, 0.29) is 16.7 Å². The SMILES string of the molecule is CC(=O)c1sc(NC(=O)c2ccc(S(=O)(=O)N(C)C3CCCC3)cc2)nc1C. The number of amides is 1. The normalized spacial score (nSPS) is 15.1. The predicted octanol–water partition coefficient (Wildman–Crippen LogP) is 3.47. The van der Waals surface area contributed by atoms with Crippen molar-refractivity contribution in [2.45, 2.75) is 50.5 Å². The Morgan fingerprint density at radius 3 is 2.32 bits per heavy atom. The molecule has 1 amide bonds. The molecule has 0 saturated heterocycles. The van der Waals surface area contributed by atoms with Gasteiger partial charge in [0.05, 0.1) is 15.5 Å². The minimum atomic E-state index is -3.58. The zero-order valence-electron chi connectivity index (χ0n) is 16.1. The molecule has 0 unspecified atom stereocenters. The van der Waals surface area contributed by atoms with E-state index in [1.165, 1.54) is 35.5 Å². The number of aryl methyl sites for hydroxylation is 1. The highest BCUT2D eigenvalue weighted by Gasteiger charge is 2.30. The van der Waals surface area contributed by atoms with Gasteiger partial charge in [0.1, 0.15) is 0 Å². The molecule has 1 aliphatic rings. The summed E-state index contributed by atoms with van der Waals surface area (Å²) in [6.07, 6.45) is 3.85. The summed E-state index contributed by atoms with van der Waals surface area (Å²) in [5, 5.41) is 2.99. The summed E-state index contributed by atoms with van der Waals surface area (Å²) in [7, 11) is -1.97. The Kier molecular flexibility index (Phi) is 5.97. The number of anilines is 1. The van der Waals surface area contributed by atoms with Crippen LogP contribution in [0.25, 0.3) is 0 Å².